The molecular formula is C26H36F3N5O5. The lowest BCUT2D eigenvalue weighted by atomic mass is 9.81. The third kappa shape index (κ3) is 5.76. The van der Waals surface area contributed by atoms with Crippen molar-refractivity contribution in [2.24, 2.45) is 40.7 Å². The van der Waals surface area contributed by atoms with Crippen LogP contribution < -0.4 is 21.7 Å². The zero-order chi connectivity index (χ0) is 28.9. The van der Waals surface area contributed by atoms with E-state index in [9.17, 15) is 37.1 Å². The van der Waals surface area contributed by atoms with Crippen molar-refractivity contribution < 1.29 is 37.1 Å². The number of piperidine rings is 1. The molecule has 10 nitrogen and oxygen atoms in total. The molecule has 0 aromatic carbocycles. The highest BCUT2D eigenvalue weighted by molar-refractivity contribution is 5.96. The van der Waals surface area contributed by atoms with Crippen LogP contribution in [-0.2, 0) is 24.0 Å². The molecule has 0 aromatic rings. The van der Waals surface area contributed by atoms with Crippen LogP contribution in [0, 0.1) is 35.0 Å². The first-order valence-electron chi connectivity index (χ1n) is 13.3. The Hall–Kier alpha value is -3.12. The number of allylic oxidation sites excluding steroid dienone is 2. The van der Waals surface area contributed by atoms with Gasteiger partial charge in [0.15, 0.2) is 0 Å². The Labute approximate surface area is 224 Å². The van der Waals surface area contributed by atoms with Gasteiger partial charge >= 0.3 is 12.1 Å². The summed E-state index contributed by atoms with van der Waals surface area (Å²) >= 11 is 0. The number of rotatable bonds is 7. The number of nitrogens with one attached hydrogen (secondary N) is 3. The second-order valence-corrected chi connectivity index (χ2v) is 12.2. The van der Waals surface area contributed by atoms with Gasteiger partial charge in [0, 0.05) is 19.0 Å². The van der Waals surface area contributed by atoms with Crippen LogP contribution in [0.3, 0.4) is 0 Å². The first-order valence-corrected chi connectivity index (χ1v) is 13.3. The van der Waals surface area contributed by atoms with Gasteiger partial charge in [0.05, 0.1) is 0 Å². The van der Waals surface area contributed by atoms with E-state index in [1.807, 2.05) is 17.5 Å². The number of hydrogen-bond acceptors (Lipinski definition) is 5. The van der Waals surface area contributed by atoms with Crippen molar-refractivity contribution in [3.63, 3.8) is 0 Å². The minimum Gasteiger partial charge on any atom is -0.368 e. The normalized spacial score (nSPS) is 31.3. The summed E-state index contributed by atoms with van der Waals surface area (Å²) in [6, 6.07) is -3.79. The lowest BCUT2D eigenvalue weighted by molar-refractivity contribution is -0.176. The third-order valence-corrected chi connectivity index (χ3v) is 8.57. The lowest BCUT2D eigenvalue weighted by Crippen LogP contribution is -2.61. The molecule has 3 fully saturated rings. The molecular weight excluding hydrogens is 519 g/mol. The number of fused-ring (bicyclic) bond motifs is 5. The predicted octanol–water partition coefficient (Wildman–Crippen LogP) is 0.615. The van der Waals surface area contributed by atoms with Gasteiger partial charge < -0.3 is 26.6 Å². The number of likely N-dealkylation sites (tertiary alicyclic amines) is 1. The molecule has 0 aromatic heterocycles. The predicted molar refractivity (Wildman–Crippen MR) is 132 cm³/mol. The van der Waals surface area contributed by atoms with Crippen LogP contribution in [0.2, 0.25) is 0 Å². The van der Waals surface area contributed by atoms with Crippen molar-refractivity contribution >= 4 is 29.5 Å². The monoisotopic (exact) mass is 555 g/mol. The van der Waals surface area contributed by atoms with Crippen molar-refractivity contribution in [3.05, 3.63) is 12.2 Å². The van der Waals surface area contributed by atoms with Crippen LogP contribution >= 0.6 is 0 Å². The molecule has 2 heterocycles. The zero-order valence-electron chi connectivity index (χ0n) is 22.2. The van der Waals surface area contributed by atoms with Crippen molar-refractivity contribution in [1.29, 1.82) is 0 Å². The number of hydrogen-bond donors (Lipinski definition) is 4. The van der Waals surface area contributed by atoms with E-state index in [4.69, 9.17) is 5.73 Å². The van der Waals surface area contributed by atoms with Crippen molar-refractivity contribution in [1.82, 2.24) is 20.9 Å². The van der Waals surface area contributed by atoms with Gasteiger partial charge in [0.2, 0.25) is 23.6 Å². The molecule has 4 rings (SSSR count). The highest BCUT2D eigenvalue weighted by atomic mass is 19.4. The maximum atomic E-state index is 13.8. The van der Waals surface area contributed by atoms with Crippen LogP contribution in [0.1, 0.15) is 46.5 Å². The molecule has 5 N–H and O–H groups in total. The molecule has 4 aliphatic rings. The SMILES string of the molecule is CC(C)(C)[C@H](NC(=O)C(F)(F)F)C(=O)N1C[C@H]2[C@@H]([C@H]1C(=O)N[C@@H](C[C@@H]1CCCNC1=O)C(N)=O)[C@H]1C=C[C@@H]2C1. The summed E-state index contributed by atoms with van der Waals surface area (Å²) in [4.78, 5) is 65.2. The minimum atomic E-state index is -5.19. The molecule has 0 radical (unpaired) electrons. The largest absolute Gasteiger partial charge is 0.471 e. The van der Waals surface area contributed by atoms with Crippen LogP contribution in [-0.4, -0.2) is 71.8 Å². The van der Waals surface area contributed by atoms with Gasteiger partial charge in [-0.05, 0) is 54.8 Å². The van der Waals surface area contributed by atoms with Crippen LogP contribution in [0.15, 0.2) is 12.2 Å². The first-order chi connectivity index (χ1) is 18.1. The van der Waals surface area contributed by atoms with E-state index in [0.717, 1.165) is 12.8 Å². The average Bonchev–Trinajstić information content (AvgIpc) is 3.54. The quantitative estimate of drug-likeness (QED) is 0.340. The Morgan fingerprint density at radius 1 is 1.13 bits per heavy atom. The fourth-order valence-corrected chi connectivity index (χ4v) is 6.66. The Morgan fingerprint density at radius 3 is 2.38 bits per heavy atom. The summed E-state index contributed by atoms with van der Waals surface area (Å²) in [6.45, 7) is 5.25. The smallest absolute Gasteiger partial charge is 0.368 e. The van der Waals surface area contributed by atoms with Crippen molar-refractivity contribution in [2.45, 2.75) is 70.8 Å². The van der Waals surface area contributed by atoms with E-state index in [2.05, 4.69) is 10.6 Å². The number of carbonyl (C=O) groups excluding carboxylic acids is 5. The molecule has 0 unspecified atom stereocenters. The van der Waals surface area contributed by atoms with E-state index in [1.165, 1.54) is 25.7 Å². The number of primary amides is 1. The molecule has 1 saturated carbocycles. The van der Waals surface area contributed by atoms with Gasteiger partial charge in [-0.1, -0.05) is 32.9 Å². The summed E-state index contributed by atoms with van der Waals surface area (Å²) in [7, 11) is 0. The Morgan fingerprint density at radius 2 is 1.79 bits per heavy atom. The van der Waals surface area contributed by atoms with Crippen LogP contribution in [0.4, 0.5) is 13.2 Å². The molecule has 2 bridgehead atoms. The summed E-state index contributed by atoms with van der Waals surface area (Å²) in [5, 5.41) is 7.21. The van der Waals surface area contributed by atoms with Gasteiger partial charge in [-0.25, -0.2) is 0 Å². The highest BCUT2D eigenvalue weighted by Crippen LogP contribution is 2.54. The maximum Gasteiger partial charge on any atom is 0.471 e. The molecule has 39 heavy (non-hydrogen) atoms. The number of halogens is 3. The van der Waals surface area contributed by atoms with E-state index in [0.29, 0.717) is 13.0 Å². The third-order valence-electron chi connectivity index (χ3n) is 8.57. The molecule has 216 valence electrons. The number of alkyl halides is 3. The molecule has 8 atom stereocenters. The van der Waals surface area contributed by atoms with Gasteiger partial charge in [-0.15, -0.1) is 0 Å². The topological polar surface area (TPSA) is 151 Å². The summed E-state index contributed by atoms with van der Waals surface area (Å²) in [6.07, 6.45) is 0.893. The molecule has 2 saturated heterocycles. The molecule has 2 aliphatic heterocycles. The molecule has 5 amide bonds. The average molecular weight is 556 g/mol. The van der Waals surface area contributed by atoms with E-state index in [-0.39, 0.29) is 42.5 Å². The Bertz CT molecular complexity index is 1070. The maximum absolute atomic E-state index is 13.8. The fraction of sp³-hybridized carbons (Fsp3) is 0.731. The molecule has 0 spiro atoms. The van der Waals surface area contributed by atoms with Crippen molar-refractivity contribution in [3.8, 4) is 0 Å². The van der Waals surface area contributed by atoms with Crippen LogP contribution in [0.5, 0.6) is 0 Å². The molecule has 13 heteroatoms. The van der Waals surface area contributed by atoms with E-state index >= 15 is 0 Å². The van der Waals surface area contributed by atoms with E-state index in [1.54, 1.807) is 0 Å². The zero-order valence-corrected chi connectivity index (χ0v) is 22.2. The van der Waals surface area contributed by atoms with Gasteiger partial charge in [0.25, 0.3) is 0 Å². The van der Waals surface area contributed by atoms with Gasteiger partial charge in [0.1, 0.15) is 18.1 Å². The summed E-state index contributed by atoms with van der Waals surface area (Å²) < 4.78 is 39.3. The highest BCUT2D eigenvalue weighted by Gasteiger charge is 2.59. The van der Waals surface area contributed by atoms with Gasteiger partial charge in [-0.3, -0.25) is 24.0 Å². The number of nitrogens with zero attached hydrogens (tertiary/aromatic N) is 1. The Kier molecular flexibility index (Phi) is 7.74. The van der Waals surface area contributed by atoms with Crippen molar-refractivity contribution in [2.75, 3.05) is 13.1 Å². The molecule has 2 aliphatic carbocycles. The number of amides is 5. The summed E-state index contributed by atoms with van der Waals surface area (Å²) in [5.41, 5.74) is 4.48. The lowest BCUT2D eigenvalue weighted by Gasteiger charge is -2.37. The second kappa shape index (κ2) is 10.5. The van der Waals surface area contributed by atoms with Crippen LogP contribution in [0.25, 0.3) is 0 Å². The second-order valence-electron chi connectivity index (χ2n) is 12.2. The fourth-order valence-electron chi connectivity index (χ4n) is 6.66. The Balaban J connectivity index is 1.60. The summed E-state index contributed by atoms with van der Waals surface area (Å²) in [5.74, 6) is -5.53. The minimum absolute atomic E-state index is 0.000118. The number of nitrogens with two attached hydrogens (primary N) is 1. The van der Waals surface area contributed by atoms with E-state index < -0.39 is 59.3 Å². The first kappa shape index (κ1) is 28.9. The standard InChI is InChI=1S/C26H36F3N5O5/c1-25(2,3)19(33-24(39)26(27,28)29)23(38)34-11-15-12-6-7-13(9-12)17(15)18(34)22(37)32-16(20(30)35)10-14-5-4-8-31-21(14)36/h6-7,12-19H,4-5,8-11H2,1-3H3,(H2,30,35)(H,31,36)(H,32,37)(H,33,39)/t12-,13+,14+,15-,16+,17+,18+,19-/m1/s1. The number of carbonyl (C=O) groups is 5. The van der Waals surface area contributed by atoms with Gasteiger partial charge in [-0.2, -0.15) is 13.2 Å².